The Hall–Kier alpha value is 0.270. The average molecular weight is 242 g/mol. The second kappa shape index (κ2) is 6.87. The molecule has 0 bridgehead atoms. The molecule has 0 aromatic carbocycles. The van der Waals surface area contributed by atoms with Crippen LogP contribution in [-0.4, -0.2) is 48.6 Å². The van der Waals surface area contributed by atoms with Crippen LogP contribution in [0.1, 0.15) is 32.6 Å². The van der Waals surface area contributed by atoms with Crippen LogP contribution >= 0.6 is 11.8 Å². The van der Waals surface area contributed by atoms with Gasteiger partial charge in [0.2, 0.25) is 0 Å². The molecule has 2 saturated heterocycles. The molecule has 0 aromatic rings. The third-order valence-electron chi connectivity index (χ3n) is 3.74. The first-order chi connectivity index (χ1) is 7.88. The van der Waals surface area contributed by atoms with E-state index in [0.717, 1.165) is 12.0 Å². The minimum absolute atomic E-state index is 0.751. The van der Waals surface area contributed by atoms with Gasteiger partial charge in [0.05, 0.1) is 0 Å². The Morgan fingerprint density at radius 1 is 1.44 bits per heavy atom. The van der Waals surface area contributed by atoms with Gasteiger partial charge < -0.3 is 10.2 Å². The molecule has 94 valence electrons. The van der Waals surface area contributed by atoms with E-state index < -0.39 is 0 Å². The first kappa shape index (κ1) is 12.7. The number of hydrogen-bond donors (Lipinski definition) is 1. The highest BCUT2D eigenvalue weighted by Gasteiger charge is 2.22. The van der Waals surface area contributed by atoms with Gasteiger partial charge in [0.1, 0.15) is 0 Å². The van der Waals surface area contributed by atoms with Gasteiger partial charge in [-0.05, 0) is 49.8 Å². The Labute approximate surface area is 105 Å². The molecule has 0 aliphatic carbocycles. The van der Waals surface area contributed by atoms with Crippen molar-refractivity contribution in [3.8, 4) is 0 Å². The predicted octanol–water partition coefficient (Wildman–Crippen LogP) is 2.20. The molecule has 2 nitrogen and oxygen atoms in total. The third kappa shape index (κ3) is 3.94. The molecule has 2 fully saturated rings. The van der Waals surface area contributed by atoms with Gasteiger partial charge in [0.25, 0.3) is 0 Å². The fraction of sp³-hybridized carbons (Fsp3) is 1.00. The van der Waals surface area contributed by atoms with E-state index >= 15 is 0 Å². The summed E-state index contributed by atoms with van der Waals surface area (Å²) in [6, 6.07) is 0.751. The highest BCUT2D eigenvalue weighted by Crippen LogP contribution is 2.24. The number of nitrogens with one attached hydrogen (secondary N) is 1. The van der Waals surface area contributed by atoms with Crippen LogP contribution in [0.3, 0.4) is 0 Å². The van der Waals surface area contributed by atoms with Crippen molar-refractivity contribution < 1.29 is 0 Å². The van der Waals surface area contributed by atoms with Gasteiger partial charge in [-0.1, -0.05) is 13.3 Å². The maximum Gasteiger partial charge on any atom is 0.0194 e. The molecular weight excluding hydrogens is 216 g/mol. The maximum absolute atomic E-state index is 3.69. The van der Waals surface area contributed by atoms with Crippen LogP contribution in [-0.2, 0) is 0 Å². The minimum Gasteiger partial charge on any atom is -0.313 e. The summed E-state index contributed by atoms with van der Waals surface area (Å²) >= 11 is 2.14. The van der Waals surface area contributed by atoms with Crippen molar-refractivity contribution in [1.82, 2.24) is 10.2 Å². The topological polar surface area (TPSA) is 15.3 Å². The zero-order valence-electron chi connectivity index (χ0n) is 10.6. The summed E-state index contributed by atoms with van der Waals surface area (Å²) in [6.45, 7) is 7.48. The molecule has 16 heavy (non-hydrogen) atoms. The SMILES string of the molecule is CCCC1CN(CC2CCSC2)CCCN1. The Bertz CT molecular complexity index is 192. The van der Waals surface area contributed by atoms with Gasteiger partial charge >= 0.3 is 0 Å². The van der Waals surface area contributed by atoms with Crippen LogP contribution in [0, 0.1) is 5.92 Å². The third-order valence-corrected chi connectivity index (χ3v) is 4.97. The van der Waals surface area contributed by atoms with E-state index in [1.807, 2.05) is 0 Å². The molecule has 0 aromatic heterocycles. The monoisotopic (exact) mass is 242 g/mol. The fourth-order valence-electron chi connectivity index (χ4n) is 2.88. The van der Waals surface area contributed by atoms with Crippen LogP contribution in [0.2, 0.25) is 0 Å². The van der Waals surface area contributed by atoms with Crippen LogP contribution in [0.5, 0.6) is 0 Å². The molecule has 0 radical (unpaired) electrons. The summed E-state index contributed by atoms with van der Waals surface area (Å²) in [5, 5.41) is 3.69. The molecule has 2 atom stereocenters. The standard InChI is InChI=1S/C13H26N2S/c1-2-4-13-10-15(7-3-6-14-13)9-12-5-8-16-11-12/h12-14H,2-11H2,1H3. The molecule has 2 rings (SSSR count). The smallest absolute Gasteiger partial charge is 0.0194 e. The average Bonchev–Trinajstić information content (AvgIpc) is 2.67. The van der Waals surface area contributed by atoms with Gasteiger partial charge in [-0.3, -0.25) is 0 Å². The lowest BCUT2D eigenvalue weighted by molar-refractivity contribution is 0.231. The van der Waals surface area contributed by atoms with Crippen LogP contribution in [0.25, 0.3) is 0 Å². The number of rotatable bonds is 4. The van der Waals surface area contributed by atoms with Gasteiger partial charge in [-0.25, -0.2) is 0 Å². The van der Waals surface area contributed by atoms with E-state index in [2.05, 4.69) is 28.9 Å². The molecule has 2 aliphatic rings. The first-order valence-electron chi connectivity index (χ1n) is 6.92. The Morgan fingerprint density at radius 2 is 2.38 bits per heavy atom. The van der Waals surface area contributed by atoms with E-state index in [0.29, 0.717) is 0 Å². The molecule has 2 heterocycles. The minimum atomic E-state index is 0.751. The lowest BCUT2D eigenvalue weighted by Gasteiger charge is -2.26. The second-order valence-corrected chi connectivity index (χ2v) is 6.43. The summed E-state index contributed by atoms with van der Waals surface area (Å²) in [4.78, 5) is 2.72. The molecule has 0 spiro atoms. The molecule has 0 amide bonds. The van der Waals surface area contributed by atoms with Crippen molar-refractivity contribution in [2.45, 2.75) is 38.6 Å². The van der Waals surface area contributed by atoms with Gasteiger partial charge in [-0.2, -0.15) is 11.8 Å². The largest absolute Gasteiger partial charge is 0.313 e. The van der Waals surface area contributed by atoms with Crippen LogP contribution in [0.15, 0.2) is 0 Å². The molecule has 2 aliphatic heterocycles. The summed E-state index contributed by atoms with van der Waals surface area (Å²) in [6.07, 6.45) is 5.44. The fourth-order valence-corrected chi connectivity index (χ4v) is 4.15. The molecule has 0 saturated carbocycles. The van der Waals surface area contributed by atoms with Gasteiger partial charge in [0.15, 0.2) is 0 Å². The van der Waals surface area contributed by atoms with Crippen molar-refractivity contribution in [3.63, 3.8) is 0 Å². The quantitative estimate of drug-likeness (QED) is 0.814. The summed E-state index contributed by atoms with van der Waals surface area (Å²) < 4.78 is 0. The lowest BCUT2D eigenvalue weighted by Crippen LogP contribution is -2.39. The van der Waals surface area contributed by atoms with Gasteiger partial charge in [0, 0.05) is 19.1 Å². The Balaban J connectivity index is 1.77. The van der Waals surface area contributed by atoms with Crippen LogP contribution in [0.4, 0.5) is 0 Å². The summed E-state index contributed by atoms with van der Waals surface area (Å²) in [5.74, 6) is 3.78. The van der Waals surface area contributed by atoms with E-state index in [9.17, 15) is 0 Å². The molecule has 2 unspecified atom stereocenters. The number of nitrogens with zero attached hydrogens (tertiary/aromatic N) is 1. The zero-order valence-corrected chi connectivity index (χ0v) is 11.4. The van der Waals surface area contributed by atoms with E-state index in [1.54, 1.807) is 0 Å². The molecule has 1 N–H and O–H groups in total. The summed E-state index contributed by atoms with van der Waals surface area (Å²) in [7, 11) is 0. The molecular formula is C13H26N2S. The van der Waals surface area contributed by atoms with Crippen molar-refractivity contribution >= 4 is 11.8 Å². The van der Waals surface area contributed by atoms with Crippen molar-refractivity contribution in [2.24, 2.45) is 5.92 Å². The normalized spacial score (nSPS) is 32.8. The van der Waals surface area contributed by atoms with E-state index in [1.165, 1.54) is 63.4 Å². The number of hydrogen-bond acceptors (Lipinski definition) is 3. The summed E-state index contributed by atoms with van der Waals surface area (Å²) in [5.41, 5.74) is 0. The van der Waals surface area contributed by atoms with Gasteiger partial charge in [-0.15, -0.1) is 0 Å². The lowest BCUT2D eigenvalue weighted by atomic mass is 10.1. The molecule has 3 heteroatoms. The number of thioether (sulfide) groups is 1. The highest BCUT2D eigenvalue weighted by atomic mass is 32.2. The van der Waals surface area contributed by atoms with E-state index in [4.69, 9.17) is 0 Å². The Kier molecular flexibility index (Phi) is 5.46. The van der Waals surface area contributed by atoms with Crippen molar-refractivity contribution in [2.75, 3.05) is 37.7 Å². The maximum atomic E-state index is 3.69. The van der Waals surface area contributed by atoms with Crippen molar-refractivity contribution in [3.05, 3.63) is 0 Å². The Morgan fingerprint density at radius 3 is 3.12 bits per heavy atom. The predicted molar refractivity (Wildman–Crippen MR) is 73.2 cm³/mol. The first-order valence-corrected chi connectivity index (χ1v) is 8.07. The van der Waals surface area contributed by atoms with Crippen LogP contribution < -0.4 is 5.32 Å². The highest BCUT2D eigenvalue weighted by molar-refractivity contribution is 7.99. The van der Waals surface area contributed by atoms with Crippen molar-refractivity contribution in [1.29, 1.82) is 0 Å². The van der Waals surface area contributed by atoms with E-state index in [-0.39, 0.29) is 0 Å². The second-order valence-electron chi connectivity index (χ2n) is 5.28. The zero-order chi connectivity index (χ0) is 11.2.